The molecule has 3 aliphatic rings. The van der Waals surface area contributed by atoms with Crippen molar-refractivity contribution in [1.82, 2.24) is 83.8 Å². The van der Waals surface area contributed by atoms with Crippen LogP contribution in [0.15, 0.2) is 0 Å². The molecule has 45 heteroatoms. The van der Waals surface area contributed by atoms with Crippen LogP contribution < -0.4 is 109 Å². The fraction of sp³-hybridized carbons (Fsp3) is 0.737. The number of nitrogens with zero attached hydrogens (tertiary/aromatic N) is 3. The number of carboxylic acid groups (broad SMARTS) is 2. The summed E-state index contributed by atoms with van der Waals surface area (Å²) in [6.07, 6.45) is 1.54. The molecule has 3 aliphatic heterocycles. The van der Waals surface area contributed by atoms with Gasteiger partial charge < -0.3 is 134 Å². The molecule has 0 aromatic rings. The van der Waals surface area contributed by atoms with E-state index in [-0.39, 0.29) is 136 Å². The average molecular weight is 1720 g/mol. The van der Waals surface area contributed by atoms with Gasteiger partial charge in [0.15, 0.2) is 5.96 Å². The molecular formula is C76H132N24O21. The van der Waals surface area contributed by atoms with Gasteiger partial charge >= 0.3 is 11.9 Å². The van der Waals surface area contributed by atoms with Crippen molar-refractivity contribution in [3.63, 3.8) is 0 Å². The number of rotatable bonds is 55. The third-order valence-corrected chi connectivity index (χ3v) is 20.9. The molecule has 16 atom stereocenters. The van der Waals surface area contributed by atoms with Crippen molar-refractivity contribution in [1.29, 1.82) is 5.41 Å². The molecule has 0 radical (unpaired) electrons. The molecular weight excluding hydrogens is 1580 g/mol. The number of guanidine groups is 1. The normalized spacial score (nSPS) is 18.2. The number of hydrogen-bond acceptors (Lipinski definition) is 24. The molecule has 3 fully saturated rings. The van der Waals surface area contributed by atoms with Crippen LogP contribution in [0.1, 0.15) is 203 Å². The van der Waals surface area contributed by atoms with E-state index in [9.17, 15) is 101 Å². The quantitative estimate of drug-likeness (QED) is 0.0153. The number of carbonyl (C=O) groups excluding carboxylic acids is 17. The first-order chi connectivity index (χ1) is 57.0. The Morgan fingerprint density at radius 1 is 0.355 bits per heavy atom. The Bertz CT molecular complexity index is 3610. The fourth-order valence-corrected chi connectivity index (χ4v) is 13.9. The van der Waals surface area contributed by atoms with Crippen molar-refractivity contribution in [2.45, 2.75) is 300 Å². The summed E-state index contributed by atoms with van der Waals surface area (Å²) in [4.78, 5) is 261. The molecule has 0 aliphatic carbocycles. The number of nitrogens with two attached hydrogens (primary N) is 7. The number of carboxylic acids is 2. The van der Waals surface area contributed by atoms with Crippen molar-refractivity contribution in [2.24, 2.45) is 52.0 Å². The Labute approximate surface area is 703 Å². The lowest BCUT2D eigenvalue weighted by Gasteiger charge is -2.33. The predicted molar refractivity (Wildman–Crippen MR) is 437 cm³/mol. The summed E-state index contributed by atoms with van der Waals surface area (Å²) in [5.41, 5.74) is 39.5. The number of aliphatic carboxylic acids is 2. The van der Waals surface area contributed by atoms with Crippen molar-refractivity contribution < 1.29 is 101 Å². The summed E-state index contributed by atoms with van der Waals surface area (Å²) in [6, 6.07) is -21.3. The van der Waals surface area contributed by atoms with Gasteiger partial charge in [0.05, 0.1) is 6.04 Å². The topological polar surface area (TPSA) is 737 Å². The van der Waals surface area contributed by atoms with Crippen molar-refractivity contribution in [2.75, 3.05) is 45.8 Å². The SMILES string of the molecule is CC(C)[C@H](NC(=O)[C@H](CCCCN)NC(=O)[C@H](CCCNC(=N)N)NC(=O)[C@@H]1CCCN1C(=O)[C@H](CCCCN)NC(=O)[C@H](C)NC(=O)[C@H](CCC(N)=O)NC(=O)[C@@H]1CCCN1C(=O)[C@@H](NC(=O)[C@@H]1CCCN1C(=O)[C@H](CCC(=O)O)NC(=O)[C@@H](N)CCCCN)C(C)C)C(=O)N[C@@H](C)C(=O)N[C@@H](C)C(=O)N[C@@H](C)C(=O)N[C@H](CCC(N)=O)C(=O)O. The van der Waals surface area contributed by atoms with Crippen LogP contribution in [-0.2, 0) is 91.1 Å². The van der Waals surface area contributed by atoms with Crippen LogP contribution in [0.3, 0.4) is 0 Å². The second-order valence-electron chi connectivity index (χ2n) is 31.5. The third-order valence-electron chi connectivity index (χ3n) is 20.9. The Morgan fingerprint density at radius 3 is 1.12 bits per heavy atom. The van der Waals surface area contributed by atoms with Gasteiger partial charge in [-0.3, -0.25) is 91.7 Å². The van der Waals surface area contributed by atoms with E-state index in [0.717, 1.165) is 0 Å². The molecule has 30 N–H and O–H groups in total. The van der Waals surface area contributed by atoms with Gasteiger partial charge in [-0.1, -0.05) is 34.1 Å². The molecule has 45 nitrogen and oxygen atoms in total. The molecule has 0 spiro atoms. The molecule has 0 bridgehead atoms. The fourth-order valence-electron chi connectivity index (χ4n) is 13.9. The van der Waals surface area contributed by atoms with Gasteiger partial charge in [0.1, 0.15) is 90.6 Å². The summed E-state index contributed by atoms with van der Waals surface area (Å²) < 4.78 is 0. The van der Waals surface area contributed by atoms with E-state index >= 15 is 0 Å². The lowest BCUT2D eigenvalue weighted by molar-refractivity contribution is -0.145. The largest absolute Gasteiger partial charge is 0.481 e. The highest BCUT2D eigenvalue weighted by Crippen LogP contribution is 2.26. The van der Waals surface area contributed by atoms with Gasteiger partial charge in [-0.2, -0.15) is 0 Å². The predicted octanol–water partition coefficient (Wildman–Crippen LogP) is -7.37. The smallest absolute Gasteiger partial charge is 0.326 e. The minimum absolute atomic E-state index is 0.00197. The van der Waals surface area contributed by atoms with E-state index in [4.69, 9.17) is 45.5 Å². The highest BCUT2D eigenvalue weighted by atomic mass is 16.4. The van der Waals surface area contributed by atoms with Crippen molar-refractivity contribution >= 4 is 118 Å². The number of nitrogens with one attached hydrogen (secondary N) is 14. The van der Waals surface area contributed by atoms with Crippen LogP contribution in [0.4, 0.5) is 0 Å². The zero-order chi connectivity index (χ0) is 91.1. The van der Waals surface area contributed by atoms with Gasteiger partial charge in [0.2, 0.25) is 100 Å². The van der Waals surface area contributed by atoms with Crippen molar-refractivity contribution in [3.05, 3.63) is 0 Å². The highest BCUT2D eigenvalue weighted by molar-refractivity contribution is 6.01. The maximum Gasteiger partial charge on any atom is 0.326 e. The molecule has 682 valence electrons. The van der Waals surface area contributed by atoms with E-state index in [1.807, 2.05) is 0 Å². The van der Waals surface area contributed by atoms with Gasteiger partial charge in [-0.25, -0.2) is 4.79 Å². The number of amides is 17. The third kappa shape index (κ3) is 35.3. The molecule has 0 saturated carbocycles. The second kappa shape index (κ2) is 53.0. The number of likely N-dealkylation sites (tertiary alicyclic amines) is 3. The van der Waals surface area contributed by atoms with E-state index in [2.05, 4.69) is 69.1 Å². The average Bonchev–Trinajstić information content (AvgIpc) is 1.77. The summed E-state index contributed by atoms with van der Waals surface area (Å²) in [7, 11) is 0. The summed E-state index contributed by atoms with van der Waals surface area (Å²) in [5, 5.41) is 59.9. The molecule has 0 aromatic heterocycles. The lowest BCUT2D eigenvalue weighted by atomic mass is 10.0. The molecule has 3 rings (SSSR count). The molecule has 0 aromatic carbocycles. The van der Waals surface area contributed by atoms with Gasteiger partial charge in [0.25, 0.3) is 0 Å². The first-order valence-electron chi connectivity index (χ1n) is 41.5. The van der Waals surface area contributed by atoms with Crippen LogP contribution in [0, 0.1) is 17.2 Å². The van der Waals surface area contributed by atoms with Crippen LogP contribution in [0.5, 0.6) is 0 Å². The number of hydrogen-bond donors (Lipinski definition) is 23. The lowest BCUT2D eigenvalue weighted by Crippen LogP contribution is -2.61. The number of unbranched alkanes of at least 4 members (excludes halogenated alkanes) is 3. The van der Waals surface area contributed by atoms with Crippen LogP contribution in [-0.4, -0.2) is 286 Å². The van der Waals surface area contributed by atoms with Crippen molar-refractivity contribution in [3.8, 4) is 0 Å². The Hall–Kier alpha value is -11.0. The van der Waals surface area contributed by atoms with Gasteiger partial charge in [-0.05, 0) is 181 Å². The highest BCUT2D eigenvalue weighted by Gasteiger charge is 2.45. The number of primary amides is 2. The first-order valence-corrected chi connectivity index (χ1v) is 41.5. The van der Waals surface area contributed by atoms with Crippen LogP contribution in [0.25, 0.3) is 0 Å². The zero-order valence-corrected chi connectivity index (χ0v) is 70.6. The molecule has 3 saturated heterocycles. The molecule has 3 heterocycles. The maximum atomic E-state index is 14.8. The summed E-state index contributed by atoms with van der Waals surface area (Å²) in [5.74, 6) is -18.3. The Kier molecular flexibility index (Phi) is 45.6. The van der Waals surface area contributed by atoms with Crippen LogP contribution >= 0.6 is 0 Å². The Balaban J connectivity index is 1.81. The van der Waals surface area contributed by atoms with Crippen LogP contribution in [0.2, 0.25) is 0 Å². The van der Waals surface area contributed by atoms with Gasteiger partial charge in [0, 0.05) is 45.4 Å². The Morgan fingerprint density at radius 2 is 0.686 bits per heavy atom. The zero-order valence-electron chi connectivity index (χ0n) is 70.6. The van der Waals surface area contributed by atoms with E-state index in [1.54, 1.807) is 27.7 Å². The van der Waals surface area contributed by atoms with Gasteiger partial charge in [-0.15, -0.1) is 0 Å². The second-order valence-corrected chi connectivity index (χ2v) is 31.5. The standard InChI is InChI=1S/C76H132N24O21/c1-39(2)58(71(116)89-42(6)61(106)86-41(5)60(105)87-43(7)63(108)95-51(75(120)121)27-30-56(82)102)96-67(112)46(20-10-13-33-78)90-66(111)47(22-15-35-85-76(83)84)91-68(113)52-23-16-36-98(52)72(117)49(21-11-14-34-79)93-62(107)44(8)88-65(110)48(26-29-55(81)101)92-69(114)53-24-18-38-100(53)74(119)59(40(3)4)97-70(115)54-25-17-37-99(54)73(118)50(28-31-57(103)104)94-64(109)45(80)19-9-12-32-77/h39-54,58-59H,9-38,77-80H2,1-8H3,(H2,81,101)(H2,82,102)(H,86,106)(H,87,105)(H,88,110)(H,89,116)(H,90,111)(H,91,113)(H,92,114)(H,93,107)(H,94,109)(H,95,108)(H,96,112)(H,97,115)(H,103,104)(H,120,121)(H4,83,84,85)/t41-,42-,43-,44-,45-,46-,47-,48-,49-,50-,51+,52-,53-,54-,58-,59-/m0/s1. The minimum Gasteiger partial charge on any atom is -0.481 e. The summed E-state index contributed by atoms with van der Waals surface area (Å²) in [6.45, 7) is 12.4. The molecule has 0 unspecified atom stereocenters. The monoisotopic (exact) mass is 1720 g/mol. The van der Waals surface area contributed by atoms with E-state index in [0.29, 0.717) is 45.1 Å². The maximum absolute atomic E-state index is 14.8. The van der Waals surface area contributed by atoms with E-state index < -0.39 is 240 Å². The summed E-state index contributed by atoms with van der Waals surface area (Å²) >= 11 is 0. The first kappa shape index (κ1) is 104. The minimum atomic E-state index is -1.55. The molecule has 17 amide bonds. The number of carbonyl (C=O) groups is 19. The molecule has 121 heavy (non-hydrogen) atoms. The van der Waals surface area contributed by atoms with E-state index in [1.165, 1.54) is 42.4 Å².